The van der Waals surface area contributed by atoms with Crippen molar-refractivity contribution < 1.29 is 28.7 Å². The molecule has 3 aromatic rings. The molecule has 0 aliphatic heterocycles. The van der Waals surface area contributed by atoms with Gasteiger partial charge < -0.3 is 20.3 Å². The second kappa shape index (κ2) is 10.2. The molecular weight excluding hydrogens is 417 g/mol. The molecule has 0 saturated heterocycles. The summed E-state index contributed by atoms with van der Waals surface area (Å²) in [6.45, 7) is 0.0332. The highest BCUT2D eigenvalue weighted by Crippen LogP contribution is 2.21. The molecule has 31 heavy (non-hydrogen) atoms. The molecule has 0 fully saturated rings. The Kier molecular flexibility index (Phi) is 7.61. The molecule has 7 nitrogen and oxygen atoms in total. The quantitative estimate of drug-likeness (QED) is 0.364. The van der Waals surface area contributed by atoms with Crippen LogP contribution in [0.15, 0.2) is 77.7 Å². The van der Waals surface area contributed by atoms with Crippen LogP contribution in [0.25, 0.3) is 0 Å². The number of sulfonamides is 1. The molecule has 9 heteroatoms. The van der Waals surface area contributed by atoms with Crippen LogP contribution in [0.2, 0.25) is 0 Å². The lowest BCUT2D eigenvalue weighted by Gasteiger charge is -2.23. The van der Waals surface area contributed by atoms with Crippen LogP contribution in [0.1, 0.15) is 22.3 Å². The molecule has 0 radical (unpaired) electrons. The van der Waals surface area contributed by atoms with Gasteiger partial charge in [0.2, 0.25) is 10.0 Å². The third kappa shape index (κ3) is 5.79. The molecular formula is C22H24BNO6S. The Hall–Kier alpha value is -2.53. The van der Waals surface area contributed by atoms with Crippen LogP contribution in [-0.4, -0.2) is 40.1 Å². The van der Waals surface area contributed by atoms with Gasteiger partial charge in [0, 0.05) is 13.1 Å². The van der Waals surface area contributed by atoms with Crippen molar-refractivity contribution in [2.24, 2.45) is 0 Å². The number of hydrogen-bond donors (Lipinski definition) is 4. The lowest BCUT2D eigenvalue weighted by molar-refractivity contribution is 0.281. The summed E-state index contributed by atoms with van der Waals surface area (Å²) in [5.74, 6) is 0. The molecule has 0 atom stereocenters. The van der Waals surface area contributed by atoms with E-state index in [4.69, 9.17) is 0 Å². The summed E-state index contributed by atoms with van der Waals surface area (Å²) < 4.78 is 28.1. The largest absolute Gasteiger partial charge is 0.488 e. The highest BCUT2D eigenvalue weighted by Gasteiger charge is 2.25. The van der Waals surface area contributed by atoms with E-state index in [-0.39, 0.29) is 36.7 Å². The van der Waals surface area contributed by atoms with Gasteiger partial charge in [0.1, 0.15) is 0 Å². The van der Waals surface area contributed by atoms with Gasteiger partial charge in [-0.3, -0.25) is 0 Å². The topological polar surface area (TPSA) is 118 Å². The van der Waals surface area contributed by atoms with E-state index in [2.05, 4.69) is 0 Å². The van der Waals surface area contributed by atoms with E-state index in [1.54, 1.807) is 48.5 Å². The van der Waals surface area contributed by atoms with Gasteiger partial charge in [-0.1, -0.05) is 60.7 Å². The molecule has 0 amide bonds. The predicted molar refractivity (Wildman–Crippen MR) is 117 cm³/mol. The molecule has 3 rings (SSSR count). The first-order valence-corrected chi connectivity index (χ1v) is 11.1. The van der Waals surface area contributed by atoms with E-state index in [0.29, 0.717) is 0 Å². The van der Waals surface area contributed by atoms with Gasteiger partial charge in [0.15, 0.2) is 0 Å². The van der Waals surface area contributed by atoms with Crippen LogP contribution in [0.5, 0.6) is 0 Å². The van der Waals surface area contributed by atoms with Crippen molar-refractivity contribution in [2.45, 2.75) is 31.2 Å². The van der Waals surface area contributed by atoms with Crippen LogP contribution in [0, 0.1) is 0 Å². The number of aliphatic hydroxyl groups excluding tert-OH is 2. The van der Waals surface area contributed by atoms with Gasteiger partial charge in [-0.15, -0.1) is 0 Å². The van der Waals surface area contributed by atoms with Crippen LogP contribution in [-0.2, 0) is 36.3 Å². The summed E-state index contributed by atoms with van der Waals surface area (Å²) in [4.78, 5) is 0.0378. The molecule has 0 saturated carbocycles. The Bertz CT molecular complexity index is 1030. The van der Waals surface area contributed by atoms with Crippen LogP contribution in [0.3, 0.4) is 0 Å². The van der Waals surface area contributed by atoms with E-state index in [1.165, 1.54) is 28.6 Å². The molecule has 0 aliphatic rings. The minimum atomic E-state index is -3.90. The van der Waals surface area contributed by atoms with Crippen molar-refractivity contribution >= 4 is 22.6 Å². The SMILES string of the molecule is O=S(=O)(c1ccc(B(O)O)cc1)N(Cc1ccc(CO)cc1)Cc1ccc(CO)cc1. The number of benzene rings is 3. The van der Waals surface area contributed by atoms with E-state index < -0.39 is 17.1 Å². The first-order valence-electron chi connectivity index (χ1n) is 9.67. The summed E-state index contributed by atoms with van der Waals surface area (Å²) >= 11 is 0. The zero-order valence-corrected chi connectivity index (χ0v) is 17.6. The number of hydrogen-bond acceptors (Lipinski definition) is 6. The normalized spacial score (nSPS) is 11.6. The fraction of sp³-hybridized carbons (Fsp3) is 0.182. The second-order valence-corrected chi connectivity index (χ2v) is 9.10. The fourth-order valence-corrected chi connectivity index (χ4v) is 4.51. The lowest BCUT2D eigenvalue weighted by Crippen LogP contribution is -2.32. The zero-order valence-electron chi connectivity index (χ0n) is 16.8. The summed E-state index contributed by atoms with van der Waals surface area (Å²) in [6.07, 6.45) is 0. The minimum Gasteiger partial charge on any atom is -0.423 e. The predicted octanol–water partition coefficient (Wildman–Crippen LogP) is 0.742. The lowest BCUT2D eigenvalue weighted by atomic mass is 9.81. The van der Waals surface area contributed by atoms with Crippen LogP contribution < -0.4 is 5.46 Å². The maximum Gasteiger partial charge on any atom is 0.488 e. The summed E-state index contributed by atoms with van der Waals surface area (Å²) in [5, 5.41) is 37.0. The Labute approximate surface area is 182 Å². The molecule has 0 spiro atoms. The first kappa shape index (κ1) is 23.1. The molecule has 0 unspecified atom stereocenters. The maximum atomic E-state index is 13.4. The standard InChI is InChI=1S/C22H24BNO6S/c25-15-19-5-1-17(2-6-19)13-24(14-18-3-7-20(16-26)8-4-18)31(29,30)22-11-9-21(10-12-22)23(27)28/h1-12,25-28H,13-16H2. The van der Waals surface area contributed by atoms with Crippen molar-refractivity contribution in [1.82, 2.24) is 4.31 Å². The third-order valence-corrected chi connectivity index (χ3v) is 6.75. The van der Waals surface area contributed by atoms with E-state index >= 15 is 0 Å². The van der Waals surface area contributed by atoms with E-state index in [1.807, 2.05) is 0 Å². The van der Waals surface area contributed by atoms with Crippen LogP contribution >= 0.6 is 0 Å². The van der Waals surface area contributed by atoms with Gasteiger partial charge >= 0.3 is 7.12 Å². The molecule has 0 bridgehead atoms. The zero-order chi connectivity index (χ0) is 22.4. The van der Waals surface area contributed by atoms with Crippen molar-refractivity contribution in [3.05, 3.63) is 95.1 Å². The van der Waals surface area contributed by atoms with Crippen molar-refractivity contribution in [2.75, 3.05) is 0 Å². The molecule has 0 aromatic heterocycles. The highest BCUT2D eigenvalue weighted by atomic mass is 32.2. The molecule has 4 N–H and O–H groups in total. The Morgan fingerprint density at radius 3 is 1.39 bits per heavy atom. The van der Waals surface area contributed by atoms with Gasteiger partial charge in [-0.25, -0.2) is 8.42 Å². The summed E-state index contributed by atoms with van der Waals surface area (Å²) in [5.41, 5.74) is 3.18. The maximum absolute atomic E-state index is 13.4. The average molecular weight is 441 g/mol. The van der Waals surface area contributed by atoms with Crippen molar-refractivity contribution in [3.8, 4) is 0 Å². The van der Waals surface area contributed by atoms with Gasteiger partial charge in [0.25, 0.3) is 0 Å². The average Bonchev–Trinajstić information content (AvgIpc) is 2.79. The summed E-state index contributed by atoms with van der Waals surface area (Å²) in [6, 6.07) is 19.5. The smallest absolute Gasteiger partial charge is 0.423 e. The summed E-state index contributed by atoms with van der Waals surface area (Å²) in [7, 11) is -5.58. The Morgan fingerprint density at radius 1 is 0.645 bits per heavy atom. The van der Waals surface area contributed by atoms with Crippen LogP contribution in [0.4, 0.5) is 0 Å². The second-order valence-electron chi connectivity index (χ2n) is 7.17. The van der Waals surface area contributed by atoms with Crippen molar-refractivity contribution in [3.63, 3.8) is 0 Å². The fourth-order valence-electron chi connectivity index (χ4n) is 3.09. The van der Waals surface area contributed by atoms with Gasteiger partial charge in [0.05, 0.1) is 18.1 Å². The van der Waals surface area contributed by atoms with Gasteiger partial charge in [-0.2, -0.15) is 4.31 Å². The first-order chi connectivity index (χ1) is 14.8. The minimum absolute atomic E-state index is 0.0378. The third-order valence-electron chi connectivity index (χ3n) is 4.94. The molecule has 0 aliphatic carbocycles. The number of rotatable bonds is 9. The number of nitrogens with zero attached hydrogens (tertiary/aromatic N) is 1. The Morgan fingerprint density at radius 2 is 1.03 bits per heavy atom. The van der Waals surface area contributed by atoms with Crippen molar-refractivity contribution in [1.29, 1.82) is 0 Å². The highest BCUT2D eigenvalue weighted by molar-refractivity contribution is 7.89. The molecule has 3 aromatic carbocycles. The molecule has 0 heterocycles. The van der Waals surface area contributed by atoms with Gasteiger partial charge in [-0.05, 0) is 39.8 Å². The Balaban J connectivity index is 1.93. The monoisotopic (exact) mass is 441 g/mol. The van der Waals surface area contributed by atoms with E-state index in [9.17, 15) is 28.7 Å². The molecule has 162 valence electrons. The van der Waals surface area contributed by atoms with E-state index in [0.717, 1.165) is 22.3 Å². The number of aliphatic hydroxyl groups is 2.